The number of nitriles is 1. The van der Waals surface area contributed by atoms with Crippen molar-refractivity contribution in [3.05, 3.63) is 87.9 Å². The summed E-state index contributed by atoms with van der Waals surface area (Å²) in [5.41, 5.74) is 4.09. The number of nitrogens with zero attached hydrogens (tertiary/aromatic N) is 2. The molecule has 10 heteroatoms. The fraction of sp³-hybridized carbons (Fsp3) is 0.333. The molecule has 0 radical (unpaired) electrons. The summed E-state index contributed by atoms with van der Waals surface area (Å²) in [5, 5.41) is 15.9. The van der Waals surface area contributed by atoms with Crippen molar-refractivity contribution in [3.8, 4) is 17.2 Å². The Bertz CT molecular complexity index is 1460. The Morgan fingerprint density at radius 2 is 1.70 bits per heavy atom. The highest BCUT2D eigenvalue weighted by atomic mass is 35.5. The van der Waals surface area contributed by atoms with Crippen LogP contribution in [0, 0.1) is 17.2 Å². The highest BCUT2D eigenvalue weighted by molar-refractivity contribution is 7.89. The number of nitrogens with one attached hydrogen (secondary N) is 2. The number of piperidine rings is 1. The third kappa shape index (κ3) is 7.76. The Labute approximate surface area is 246 Å². The summed E-state index contributed by atoms with van der Waals surface area (Å²) in [7, 11) is -3.25. The third-order valence-electron chi connectivity index (χ3n) is 7.19. The lowest BCUT2D eigenvalue weighted by Crippen LogP contribution is -2.42. The Hall–Kier alpha value is -3.09. The van der Waals surface area contributed by atoms with Gasteiger partial charge in [-0.15, -0.1) is 0 Å². The van der Waals surface area contributed by atoms with Crippen LogP contribution in [-0.2, 0) is 10.0 Å². The molecule has 1 aliphatic heterocycles. The second-order valence-corrected chi connectivity index (χ2v) is 12.9. The van der Waals surface area contributed by atoms with Crippen LogP contribution in [0.25, 0.3) is 11.1 Å². The molecule has 4 rings (SSSR count). The first-order valence-electron chi connectivity index (χ1n) is 13.3. The molecule has 3 aromatic carbocycles. The van der Waals surface area contributed by atoms with E-state index in [4.69, 9.17) is 23.2 Å². The van der Waals surface area contributed by atoms with Crippen molar-refractivity contribution >= 4 is 44.9 Å². The second-order valence-electron chi connectivity index (χ2n) is 9.97. The molecule has 1 saturated heterocycles. The van der Waals surface area contributed by atoms with Gasteiger partial charge in [0.05, 0.1) is 17.4 Å². The molecule has 7 nitrogen and oxygen atoms in total. The Morgan fingerprint density at radius 3 is 2.33 bits per heavy atom. The summed E-state index contributed by atoms with van der Waals surface area (Å²) in [5.74, 6) is 0.316. The van der Waals surface area contributed by atoms with Crippen molar-refractivity contribution in [1.82, 2.24) is 9.62 Å². The second kappa shape index (κ2) is 13.5. The average molecular weight is 600 g/mol. The third-order valence-corrected chi connectivity index (χ3v) is 9.70. The lowest BCUT2D eigenvalue weighted by atomic mass is 9.80. The smallest absolute Gasteiger partial charge is 0.319 e. The van der Waals surface area contributed by atoms with Gasteiger partial charge in [-0.3, -0.25) is 0 Å². The normalized spacial score (nSPS) is 15.2. The average Bonchev–Trinajstić information content (AvgIpc) is 2.93. The number of hydrogen-bond acceptors (Lipinski definition) is 4. The fourth-order valence-corrected chi connectivity index (χ4v) is 7.26. The molecule has 0 bridgehead atoms. The van der Waals surface area contributed by atoms with E-state index >= 15 is 0 Å². The predicted molar refractivity (Wildman–Crippen MR) is 161 cm³/mol. The minimum Gasteiger partial charge on any atom is -0.337 e. The molecule has 1 fully saturated rings. The van der Waals surface area contributed by atoms with Gasteiger partial charge in [-0.2, -0.15) is 5.26 Å². The van der Waals surface area contributed by atoms with Gasteiger partial charge >= 0.3 is 6.03 Å². The zero-order valence-electron chi connectivity index (χ0n) is 22.2. The molecule has 0 spiro atoms. The molecule has 2 N–H and O–H groups in total. The van der Waals surface area contributed by atoms with Gasteiger partial charge in [0.2, 0.25) is 10.0 Å². The van der Waals surface area contributed by atoms with E-state index in [9.17, 15) is 18.5 Å². The maximum atomic E-state index is 12.8. The number of benzene rings is 3. The van der Waals surface area contributed by atoms with Crippen molar-refractivity contribution in [2.75, 3.05) is 30.7 Å². The largest absolute Gasteiger partial charge is 0.337 e. The topological polar surface area (TPSA) is 102 Å². The van der Waals surface area contributed by atoms with E-state index in [0.717, 1.165) is 16.7 Å². The number of halogens is 2. The van der Waals surface area contributed by atoms with Crippen LogP contribution in [-0.4, -0.2) is 44.1 Å². The molecule has 1 unspecified atom stereocenters. The summed E-state index contributed by atoms with van der Waals surface area (Å²) in [4.78, 5) is 12.8. The lowest BCUT2D eigenvalue weighted by Gasteiger charge is -2.36. The zero-order chi connectivity index (χ0) is 28.7. The van der Waals surface area contributed by atoms with Crippen LogP contribution in [0.1, 0.15) is 43.2 Å². The van der Waals surface area contributed by atoms with Gasteiger partial charge in [0.1, 0.15) is 0 Å². The number of sulfonamides is 1. The standard InChI is InChI=1S/C30H32Cl2N4O3S/c1-2-14-40(38,39)36-12-10-24(11-13-36)29(20-34-30(37)35-28-17-26(31)16-27(32)18-28)23-8-6-22(7-9-23)25-5-3-4-21(15-25)19-33/h3-9,15-18,24,29H,2,10-14,20H2,1H3,(H2,34,35,37). The molecule has 40 heavy (non-hydrogen) atoms. The van der Waals surface area contributed by atoms with E-state index in [0.29, 0.717) is 60.2 Å². The summed E-state index contributed by atoms with van der Waals surface area (Å²) in [6.07, 6.45) is 1.99. The van der Waals surface area contributed by atoms with Crippen LogP contribution >= 0.6 is 23.2 Å². The molecule has 2 amide bonds. The van der Waals surface area contributed by atoms with Crippen molar-refractivity contribution in [1.29, 1.82) is 5.26 Å². The van der Waals surface area contributed by atoms with Crippen LogP contribution < -0.4 is 10.6 Å². The maximum Gasteiger partial charge on any atom is 0.319 e. The molecule has 210 valence electrons. The number of carbonyl (C=O) groups excluding carboxylic acids is 1. The van der Waals surface area contributed by atoms with E-state index < -0.39 is 10.0 Å². The van der Waals surface area contributed by atoms with E-state index in [1.807, 2.05) is 37.3 Å². The highest BCUT2D eigenvalue weighted by Crippen LogP contribution is 2.34. The molecular weight excluding hydrogens is 567 g/mol. The Balaban J connectivity index is 1.51. The molecule has 0 aliphatic carbocycles. The Kier molecular flexibility index (Phi) is 10.1. The van der Waals surface area contributed by atoms with Crippen LogP contribution in [0.5, 0.6) is 0 Å². The summed E-state index contributed by atoms with van der Waals surface area (Å²) >= 11 is 12.1. The molecule has 3 aromatic rings. The minimum atomic E-state index is -3.25. The molecule has 1 atom stereocenters. The first-order valence-corrected chi connectivity index (χ1v) is 15.6. The minimum absolute atomic E-state index is 0.0239. The lowest BCUT2D eigenvalue weighted by molar-refractivity contribution is 0.233. The van der Waals surface area contributed by atoms with Gasteiger partial charge in [0, 0.05) is 41.3 Å². The monoisotopic (exact) mass is 598 g/mol. The highest BCUT2D eigenvalue weighted by Gasteiger charge is 2.32. The molecule has 0 saturated carbocycles. The number of rotatable bonds is 9. The zero-order valence-corrected chi connectivity index (χ0v) is 24.6. The van der Waals surface area contributed by atoms with Gasteiger partial charge in [-0.1, -0.05) is 66.5 Å². The van der Waals surface area contributed by atoms with Crippen LogP contribution in [0.15, 0.2) is 66.7 Å². The van der Waals surface area contributed by atoms with Gasteiger partial charge < -0.3 is 10.6 Å². The number of anilines is 1. The SMILES string of the molecule is CCCS(=O)(=O)N1CCC(C(CNC(=O)Nc2cc(Cl)cc(Cl)c2)c2ccc(-c3cccc(C#N)c3)cc2)CC1. The molecule has 1 aliphatic rings. The Morgan fingerprint density at radius 1 is 1.02 bits per heavy atom. The summed E-state index contributed by atoms with van der Waals surface area (Å²) in [6.45, 7) is 3.18. The predicted octanol–water partition coefficient (Wildman–Crippen LogP) is 6.89. The van der Waals surface area contributed by atoms with E-state index in [1.165, 1.54) is 0 Å². The van der Waals surface area contributed by atoms with Gasteiger partial charge in [-0.05, 0) is 72.2 Å². The van der Waals surface area contributed by atoms with E-state index in [-0.39, 0.29) is 23.6 Å². The van der Waals surface area contributed by atoms with Gasteiger partial charge in [0.15, 0.2) is 0 Å². The van der Waals surface area contributed by atoms with Crippen molar-refractivity contribution in [3.63, 3.8) is 0 Å². The fourth-order valence-electron chi connectivity index (χ4n) is 5.20. The number of hydrogen-bond donors (Lipinski definition) is 2. The maximum absolute atomic E-state index is 12.8. The quantitative estimate of drug-likeness (QED) is 0.280. The molecule has 0 aromatic heterocycles. The van der Waals surface area contributed by atoms with Crippen LogP contribution in [0.3, 0.4) is 0 Å². The van der Waals surface area contributed by atoms with Crippen LogP contribution in [0.4, 0.5) is 10.5 Å². The van der Waals surface area contributed by atoms with E-state index in [2.05, 4.69) is 28.8 Å². The number of carbonyl (C=O) groups is 1. The summed E-state index contributed by atoms with van der Waals surface area (Å²) < 4.78 is 26.8. The van der Waals surface area contributed by atoms with E-state index in [1.54, 1.807) is 28.6 Å². The van der Waals surface area contributed by atoms with Crippen LogP contribution in [0.2, 0.25) is 10.0 Å². The van der Waals surface area contributed by atoms with Gasteiger partial charge in [-0.25, -0.2) is 17.5 Å². The van der Waals surface area contributed by atoms with Crippen molar-refractivity contribution in [2.45, 2.75) is 32.1 Å². The van der Waals surface area contributed by atoms with Gasteiger partial charge in [0.25, 0.3) is 0 Å². The molecule has 1 heterocycles. The molecular formula is C30H32Cl2N4O3S. The summed E-state index contributed by atoms with van der Waals surface area (Å²) in [6, 6.07) is 22.2. The number of urea groups is 1. The first kappa shape index (κ1) is 29.9. The number of amides is 2. The first-order chi connectivity index (χ1) is 19.2. The van der Waals surface area contributed by atoms with Crippen molar-refractivity contribution in [2.24, 2.45) is 5.92 Å². The van der Waals surface area contributed by atoms with Crippen molar-refractivity contribution < 1.29 is 13.2 Å².